The third-order valence-corrected chi connectivity index (χ3v) is 4.83. The van der Waals surface area contributed by atoms with Crippen LogP contribution in [0.15, 0.2) is 18.5 Å². The fraction of sp³-hybridized carbons (Fsp3) is 0.706. The fourth-order valence-corrected chi connectivity index (χ4v) is 3.34. The van der Waals surface area contributed by atoms with Crippen LogP contribution in [-0.2, 0) is 4.74 Å². The predicted molar refractivity (Wildman–Crippen MR) is 92.0 cm³/mol. The van der Waals surface area contributed by atoms with Crippen LogP contribution in [0.5, 0.6) is 0 Å². The molecule has 2 heterocycles. The van der Waals surface area contributed by atoms with Crippen molar-refractivity contribution in [2.24, 2.45) is 5.92 Å². The molecule has 0 unspecified atom stereocenters. The van der Waals surface area contributed by atoms with E-state index in [-0.39, 0.29) is 6.03 Å². The summed E-state index contributed by atoms with van der Waals surface area (Å²) < 4.78 is 5.57. The van der Waals surface area contributed by atoms with E-state index in [1.165, 1.54) is 0 Å². The second-order valence-electron chi connectivity index (χ2n) is 6.46. The van der Waals surface area contributed by atoms with Gasteiger partial charge in [-0.25, -0.2) is 14.8 Å². The largest absolute Gasteiger partial charge is 0.378 e. The zero-order valence-corrected chi connectivity index (χ0v) is 14.4. The summed E-state index contributed by atoms with van der Waals surface area (Å²) in [7, 11) is 0. The van der Waals surface area contributed by atoms with E-state index >= 15 is 0 Å². The predicted octanol–water partition coefficient (Wildman–Crippen LogP) is 1.51. The molecule has 2 amide bonds. The van der Waals surface area contributed by atoms with Crippen LogP contribution >= 0.6 is 0 Å². The summed E-state index contributed by atoms with van der Waals surface area (Å²) in [6.07, 6.45) is 7.27. The van der Waals surface area contributed by atoms with E-state index < -0.39 is 0 Å². The summed E-state index contributed by atoms with van der Waals surface area (Å²) in [6.45, 7) is 6.56. The van der Waals surface area contributed by atoms with E-state index in [1.807, 2.05) is 17.9 Å². The molecule has 1 aromatic rings. The van der Waals surface area contributed by atoms with Crippen molar-refractivity contribution < 1.29 is 9.53 Å². The minimum Gasteiger partial charge on any atom is -0.378 e. The van der Waals surface area contributed by atoms with Gasteiger partial charge in [-0.3, -0.25) is 0 Å². The Labute approximate surface area is 143 Å². The van der Waals surface area contributed by atoms with E-state index in [1.54, 1.807) is 12.4 Å². The molecule has 0 radical (unpaired) electrons. The topological polar surface area (TPSA) is 70.6 Å². The number of aromatic nitrogens is 2. The molecule has 2 aliphatic rings. The quantitative estimate of drug-likeness (QED) is 0.854. The summed E-state index contributed by atoms with van der Waals surface area (Å²) in [6, 6.07) is 1.86. The molecule has 7 nitrogen and oxygen atoms in total. The van der Waals surface area contributed by atoms with Crippen molar-refractivity contribution in [2.45, 2.75) is 32.3 Å². The molecule has 1 N–H and O–H groups in total. The number of piperazine rings is 1. The number of nitrogens with one attached hydrogen (secondary N) is 1. The molecule has 3 rings (SSSR count). The zero-order chi connectivity index (χ0) is 16.8. The van der Waals surface area contributed by atoms with Gasteiger partial charge in [0.05, 0.1) is 6.10 Å². The number of urea groups is 1. The molecule has 1 aliphatic heterocycles. The van der Waals surface area contributed by atoms with Crippen molar-refractivity contribution in [3.8, 4) is 0 Å². The van der Waals surface area contributed by atoms with Crippen LogP contribution < -0.4 is 10.2 Å². The summed E-state index contributed by atoms with van der Waals surface area (Å²) in [5.74, 6) is 1.44. The van der Waals surface area contributed by atoms with E-state index in [0.29, 0.717) is 25.1 Å². The molecule has 1 saturated heterocycles. The third kappa shape index (κ3) is 4.35. The monoisotopic (exact) mass is 333 g/mol. The van der Waals surface area contributed by atoms with E-state index in [2.05, 4.69) is 20.2 Å². The van der Waals surface area contributed by atoms with Gasteiger partial charge in [0, 0.05) is 51.7 Å². The van der Waals surface area contributed by atoms with Crippen LogP contribution in [0, 0.1) is 5.92 Å². The number of ether oxygens (including phenoxy) is 1. The number of anilines is 1. The highest BCUT2D eigenvalue weighted by Crippen LogP contribution is 2.32. The lowest BCUT2D eigenvalue weighted by Gasteiger charge is -2.36. The van der Waals surface area contributed by atoms with Crippen molar-refractivity contribution in [1.29, 1.82) is 0 Å². The molecule has 132 valence electrons. The van der Waals surface area contributed by atoms with Gasteiger partial charge in [0.25, 0.3) is 0 Å². The molecule has 1 saturated carbocycles. The maximum Gasteiger partial charge on any atom is 0.317 e. The Kier molecular flexibility index (Phi) is 5.85. The maximum atomic E-state index is 12.2. The number of amides is 2. The van der Waals surface area contributed by atoms with E-state index in [0.717, 1.165) is 51.5 Å². The molecule has 0 aromatic carbocycles. The Morgan fingerprint density at radius 2 is 1.96 bits per heavy atom. The van der Waals surface area contributed by atoms with Crippen molar-refractivity contribution >= 4 is 12.0 Å². The lowest BCUT2D eigenvalue weighted by molar-refractivity contribution is -0.0261. The van der Waals surface area contributed by atoms with Crippen molar-refractivity contribution in [2.75, 3.05) is 44.2 Å². The molecular weight excluding hydrogens is 306 g/mol. The number of hydrogen-bond donors (Lipinski definition) is 1. The van der Waals surface area contributed by atoms with Gasteiger partial charge in [-0.2, -0.15) is 0 Å². The smallest absolute Gasteiger partial charge is 0.317 e. The molecule has 24 heavy (non-hydrogen) atoms. The lowest BCUT2D eigenvalue weighted by Crippen LogP contribution is -2.52. The highest BCUT2D eigenvalue weighted by molar-refractivity contribution is 5.74. The van der Waals surface area contributed by atoms with Gasteiger partial charge in [0.15, 0.2) is 0 Å². The lowest BCUT2D eigenvalue weighted by atomic mass is 9.80. The number of rotatable bonds is 6. The standard InChI is InChI=1S/C17H27N5O2/c1-2-24-15-12-14(13-15)4-7-20-17(23)22-10-8-21(9-11-22)16-18-5-3-6-19-16/h3,5-6,14-15H,2,4,7-13H2,1H3,(H,20,23). The highest BCUT2D eigenvalue weighted by Gasteiger charge is 2.29. The minimum atomic E-state index is 0.0457. The normalized spacial score (nSPS) is 23.7. The molecule has 2 fully saturated rings. The fourth-order valence-electron chi connectivity index (χ4n) is 3.34. The molecule has 0 bridgehead atoms. The van der Waals surface area contributed by atoms with Crippen molar-refractivity contribution in [3.05, 3.63) is 18.5 Å². The Morgan fingerprint density at radius 3 is 2.62 bits per heavy atom. The van der Waals surface area contributed by atoms with Crippen LogP contribution in [0.3, 0.4) is 0 Å². The molecule has 1 aliphatic carbocycles. The van der Waals surface area contributed by atoms with Gasteiger partial charge >= 0.3 is 6.03 Å². The second-order valence-corrected chi connectivity index (χ2v) is 6.46. The van der Waals surface area contributed by atoms with Gasteiger partial charge in [-0.05, 0) is 38.2 Å². The van der Waals surface area contributed by atoms with Gasteiger partial charge in [0.1, 0.15) is 0 Å². The van der Waals surface area contributed by atoms with Crippen LogP contribution in [0.4, 0.5) is 10.7 Å². The third-order valence-electron chi connectivity index (χ3n) is 4.83. The Bertz CT molecular complexity index is 513. The molecule has 0 atom stereocenters. The average Bonchev–Trinajstić information content (AvgIpc) is 2.60. The number of carbonyl (C=O) groups excluding carboxylic acids is 1. The molecule has 1 aromatic heterocycles. The van der Waals surface area contributed by atoms with E-state index in [4.69, 9.17) is 4.74 Å². The van der Waals surface area contributed by atoms with Gasteiger partial charge in [-0.1, -0.05) is 0 Å². The van der Waals surface area contributed by atoms with Gasteiger partial charge in [-0.15, -0.1) is 0 Å². The zero-order valence-electron chi connectivity index (χ0n) is 14.4. The second kappa shape index (κ2) is 8.28. The Balaban J connectivity index is 1.31. The molecule has 0 spiro atoms. The molecule has 7 heteroatoms. The first kappa shape index (κ1) is 17.0. The van der Waals surface area contributed by atoms with Crippen LogP contribution in [-0.4, -0.2) is 66.3 Å². The average molecular weight is 333 g/mol. The highest BCUT2D eigenvalue weighted by atomic mass is 16.5. The molecular formula is C17H27N5O2. The van der Waals surface area contributed by atoms with Gasteiger partial charge in [0.2, 0.25) is 5.95 Å². The summed E-state index contributed by atoms with van der Waals surface area (Å²) >= 11 is 0. The van der Waals surface area contributed by atoms with Crippen LogP contribution in [0.2, 0.25) is 0 Å². The van der Waals surface area contributed by atoms with Crippen LogP contribution in [0.25, 0.3) is 0 Å². The number of carbonyl (C=O) groups is 1. The van der Waals surface area contributed by atoms with Crippen molar-refractivity contribution in [3.63, 3.8) is 0 Å². The first-order chi connectivity index (χ1) is 11.8. The Morgan fingerprint density at radius 1 is 1.25 bits per heavy atom. The Hall–Kier alpha value is -1.89. The minimum absolute atomic E-state index is 0.0457. The first-order valence-electron chi connectivity index (χ1n) is 8.92. The summed E-state index contributed by atoms with van der Waals surface area (Å²) in [5, 5.41) is 3.05. The number of hydrogen-bond acceptors (Lipinski definition) is 5. The summed E-state index contributed by atoms with van der Waals surface area (Å²) in [4.78, 5) is 24.8. The van der Waals surface area contributed by atoms with E-state index in [9.17, 15) is 4.79 Å². The summed E-state index contributed by atoms with van der Waals surface area (Å²) in [5.41, 5.74) is 0. The van der Waals surface area contributed by atoms with Crippen LogP contribution in [0.1, 0.15) is 26.2 Å². The SMILES string of the molecule is CCOC1CC(CCNC(=O)N2CCN(c3ncccn3)CC2)C1. The number of nitrogens with zero attached hydrogens (tertiary/aromatic N) is 4. The van der Waals surface area contributed by atoms with Crippen molar-refractivity contribution in [1.82, 2.24) is 20.2 Å². The van der Waals surface area contributed by atoms with Gasteiger partial charge < -0.3 is 19.9 Å². The maximum absolute atomic E-state index is 12.2. The first-order valence-corrected chi connectivity index (χ1v) is 8.92.